The van der Waals surface area contributed by atoms with E-state index in [0.29, 0.717) is 29.8 Å². The van der Waals surface area contributed by atoms with Gasteiger partial charge in [0.2, 0.25) is 0 Å². The van der Waals surface area contributed by atoms with Crippen LogP contribution in [-0.4, -0.2) is 35.0 Å². The molecule has 1 aliphatic heterocycles. The topological polar surface area (TPSA) is 51.5 Å². The Balaban J connectivity index is 1.74. The minimum atomic E-state index is -0.493. The number of ether oxygens (including phenoxy) is 1. The van der Waals surface area contributed by atoms with Crippen molar-refractivity contribution < 1.29 is 14.3 Å². The van der Waals surface area contributed by atoms with E-state index in [-0.39, 0.29) is 5.91 Å². The fraction of sp³-hybridized carbons (Fsp3) is 0.267. The molecule has 2 heterocycles. The second-order valence-electron chi connectivity index (χ2n) is 9.15. The summed E-state index contributed by atoms with van der Waals surface area (Å²) in [5.41, 5.74) is 8.97. The number of amides is 1. The molecular formula is C30H32N2O3. The van der Waals surface area contributed by atoms with Gasteiger partial charge in [0.25, 0.3) is 5.91 Å². The zero-order valence-electron chi connectivity index (χ0n) is 21.3. The molecule has 0 radical (unpaired) electrons. The van der Waals surface area contributed by atoms with Gasteiger partial charge in [-0.05, 0) is 75.9 Å². The van der Waals surface area contributed by atoms with Gasteiger partial charge in [-0.25, -0.2) is 4.79 Å². The lowest BCUT2D eigenvalue weighted by atomic mass is 10.0. The maximum Gasteiger partial charge on any atom is 0.340 e. The zero-order valence-corrected chi connectivity index (χ0v) is 21.3. The van der Waals surface area contributed by atoms with E-state index in [1.54, 1.807) is 4.90 Å². The highest BCUT2D eigenvalue weighted by Crippen LogP contribution is 2.33. The van der Waals surface area contributed by atoms with E-state index >= 15 is 0 Å². The van der Waals surface area contributed by atoms with Gasteiger partial charge in [-0.15, -0.1) is 0 Å². The first-order valence-electron chi connectivity index (χ1n) is 11.9. The number of methoxy groups -OCH3 is 1. The van der Waals surface area contributed by atoms with E-state index in [0.717, 1.165) is 28.2 Å². The van der Waals surface area contributed by atoms with Gasteiger partial charge >= 0.3 is 5.97 Å². The van der Waals surface area contributed by atoms with Crippen molar-refractivity contribution in [1.82, 2.24) is 9.47 Å². The van der Waals surface area contributed by atoms with Crippen molar-refractivity contribution in [2.75, 3.05) is 13.7 Å². The van der Waals surface area contributed by atoms with Crippen molar-refractivity contribution in [3.63, 3.8) is 0 Å². The Morgan fingerprint density at radius 2 is 1.69 bits per heavy atom. The molecule has 35 heavy (non-hydrogen) atoms. The number of allylic oxidation sites excluding steroid dienone is 1. The van der Waals surface area contributed by atoms with Crippen LogP contribution >= 0.6 is 0 Å². The molecule has 0 spiro atoms. The summed E-state index contributed by atoms with van der Waals surface area (Å²) in [6.07, 6.45) is 2.54. The molecule has 0 saturated carbocycles. The fourth-order valence-corrected chi connectivity index (χ4v) is 4.90. The van der Waals surface area contributed by atoms with Crippen LogP contribution in [0.4, 0.5) is 0 Å². The van der Waals surface area contributed by atoms with Gasteiger partial charge in [-0.3, -0.25) is 4.79 Å². The van der Waals surface area contributed by atoms with E-state index in [1.807, 2.05) is 50.3 Å². The molecule has 0 unspecified atom stereocenters. The SMILES string of the molecule is COC(=O)C1=C(C)N(CCc2ccccc2)C(=O)/C1=C\c1cc(C)n(-c2ccc(C)cc2C)c1C. The lowest BCUT2D eigenvalue weighted by molar-refractivity contribution is -0.136. The number of nitrogens with zero attached hydrogens (tertiary/aromatic N) is 2. The normalized spacial score (nSPS) is 14.9. The molecule has 0 atom stereocenters. The Morgan fingerprint density at radius 3 is 2.34 bits per heavy atom. The molecule has 1 aromatic heterocycles. The summed E-state index contributed by atoms with van der Waals surface area (Å²) in [7, 11) is 1.35. The van der Waals surface area contributed by atoms with Gasteiger partial charge in [0.15, 0.2) is 0 Å². The summed E-state index contributed by atoms with van der Waals surface area (Å²) in [5, 5.41) is 0. The average molecular weight is 469 g/mol. The van der Waals surface area contributed by atoms with Crippen LogP contribution in [0, 0.1) is 27.7 Å². The second-order valence-corrected chi connectivity index (χ2v) is 9.15. The molecule has 0 fully saturated rings. The lowest BCUT2D eigenvalue weighted by Crippen LogP contribution is -2.27. The summed E-state index contributed by atoms with van der Waals surface area (Å²) < 4.78 is 7.26. The number of aryl methyl sites for hydroxylation is 3. The highest BCUT2D eigenvalue weighted by atomic mass is 16.5. The summed E-state index contributed by atoms with van der Waals surface area (Å²) in [4.78, 5) is 28.0. The molecule has 180 valence electrons. The minimum absolute atomic E-state index is 0.171. The highest BCUT2D eigenvalue weighted by molar-refractivity contribution is 6.16. The van der Waals surface area contributed by atoms with Crippen LogP contribution in [0.1, 0.15) is 40.6 Å². The van der Waals surface area contributed by atoms with E-state index in [1.165, 1.54) is 18.2 Å². The standard InChI is InChI=1S/C30H32N2O3/c1-19-12-13-27(20(2)16-19)32-21(3)17-25(22(32)4)18-26-28(30(34)35-6)23(5)31(29(26)33)15-14-24-10-8-7-9-11-24/h7-13,16-18H,14-15H2,1-6H3/b26-18-. The Morgan fingerprint density at radius 1 is 0.971 bits per heavy atom. The second kappa shape index (κ2) is 9.79. The first-order valence-corrected chi connectivity index (χ1v) is 11.9. The summed E-state index contributed by atoms with van der Waals surface area (Å²) in [6, 6.07) is 18.5. The third-order valence-electron chi connectivity index (χ3n) is 6.73. The monoisotopic (exact) mass is 468 g/mol. The largest absolute Gasteiger partial charge is 0.465 e. The number of esters is 1. The first-order chi connectivity index (χ1) is 16.7. The smallest absolute Gasteiger partial charge is 0.340 e. The van der Waals surface area contributed by atoms with Gasteiger partial charge in [-0.2, -0.15) is 0 Å². The number of rotatable bonds is 6. The van der Waals surface area contributed by atoms with Crippen LogP contribution in [0.3, 0.4) is 0 Å². The molecule has 0 bridgehead atoms. The lowest BCUT2D eigenvalue weighted by Gasteiger charge is -2.17. The summed E-state index contributed by atoms with van der Waals surface area (Å²) in [6.45, 7) is 10.6. The van der Waals surface area contributed by atoms with Crippen LogP contribution < -0.4 is 0 Å². The van der Waals surface area contributed by atoms with Crippen molar-refractivity contribution in [2.45, 2.75) is 41.0 Å². The van der Waals surface area contributed by atoms with Crippen molar-refractivity contribution in [3.8, 4) is 5.69 Å². The number of carbonyl (C=O) groups is 2. The molecule has 0 N–H and O–H groups in total. The average Bonchev–Trinajstić information content (AvgIpc) is 3.24. The molecule has 3 aromatic rings. The number of hydrogen-bond acceptors (Lipinski definition) is 3. The molecule has 1 aliphatic rings. The molecule has 1 amide bonds. The van der Waals surface area contributed by atoms with Crippen molar-refractivity contribution in [1.29, 1.82) is 0 Å². The van der Waals surface area contributed by atoms with Crippen molar-refractivity contribution >= 4 is 18.0 Å². The third kappa shape index (κ3) is 4.59. The van der Waals surface area contributed by atoms with Gasteiger partial charge in [-0.1, -0.05) is 48.0 Å². The van der Waals surface area contributed by atoms with Crippen LogP contribution in [0.25, 0.3) is 11.8 Å². The predicted molar refractivity (Wildman–Crippen MR) is 139 cm³/mol. The Labute approximate surface area is 207 Å². The number of hydrogen-bond donors (Lipinski definition) is 0. The highest BCUT2D eigenvalue weighted by Gasteiger charge is 2.37. The first kappa shape index (κ1) is 24.3. The molecular weight excluding hydrogens is 436 g/mol. The van der Waals surface area contributed by atoms with E-state index in [9.17, 15) is 9.59 Å². The maximum atomic E-state index is 13.5. The van der Waals surface area contributed by atoms with Crippen molar-refractivity contribution in [3.05, 3.63) is 105 Å². The Bertz CT molecular complexity index is 1360. The Kier molecular flexibility index (Phi) is 6.79. The molecule has 5 nitrogen and oxygen atoms in total. The summed E-state index contributed by atoms with van der Waals surface area (Å²) in [5.74, 6) is -0.664. The van der Waals surface area contributed by atoms with E-state index in [4.69, 9.17) is 4.74 Å². The van der Waals surface area contributed by atoms with Gasteiger partial charge in [0, 0.05) is 29.3 Å². The maximum absolute atomic E-state index is 13.5. The quantitative estimate of drug-likeness (QED) is 0.348. The molecule has 2 aromatic carbocycles. The minimum Gasteiger partial charge on any atom is -0.465 e. The van der Waals surface area contributed by atoms with E-state index < -0.39 is 5.97 Å². The third-order valence-corrected chi connectivity index (χ3v) is 6.73. The van der Waals surface area contributed by atoms with Gasteiger partial charge < -0.3 is 14.2 Å². The van der Waals surface area contributed by atoms with E-state index in [2.05, 4.69) is 49.6 Å². The van der Waals surface area contributed by atoms with Crippen LogP contribution in [0.5, 0.6) is 0 Å². The fourth-order valence-electron chi connectivity index (χ4n) is 4.90. The molecule has 4 rings (SSSR count). The summed E-state index contributed by atoms with van der Waals surface area (Å²) >= 11 is 0. The predicted octanol–water partition coefficient (Wildman–Crippen LogP) is 5.63. The molecule has 0 saturated heterocycles. The van der Waals surface area contributed by atoms with Gasteiger partial charge in [0.1, 0.15) is 0 Å². The Hall–Kier alpha value is -3.86. The number of carbonyl (C=O) groups excluding carboxylic acids is 2. The van der Waals surface area contributed by atoms with Crippen molar-refractivity contribution in [2.24, 2.45) is 0 Å². The van der Waals surface area contributed by atoms with Gasteiger partial charge in [0.05, 0.1) is 18.3 Å². The number of aromatic nitrogens is 1. The number of benzene rings is 2. The molecule has 5 heteroatoms. The van der Waals surface area contributed by atoms with Crippen LogP contribution in [0.15, 0.2) is 71.4 Å². The van der Waals surface area contributed by atoms with Crippen LogP contribution in [-0.2, 0) is 20.7 Å². The van der Waals surface area contributed by atoms with Crippen LogP contribution in [0.2, 0.25) is 0 Å². The zero-order chi connectivity index (χ0) is 25.3. The molecule has 0 aliphatic carbocycles.